The van der Waals surface area contributed by atoms with E-state index >= 15 is 0 Å². The molecule has 0 saturated heterocycles. The van der Waals surface area contributed by atoms with Crippen molar-refractivity contribution in [2.75, 3.05) is 23.4 Å². The minimum Gasteiger partial charge on any atom is -0.462 e. The molecule has 0 radical (unpaired) electrons. The van der Waals surface area contributed by atoms with E-state index in [1.54, 1.807) is 67.6 Å². The molecule has 7 nitrogen and oxygen atoms in total. The number of amides is 2. The highest BCUT2D eigenvalue weighted by molar-refractivity contribution is 6.19. The first kappa shape index (κ1) is 22.8. The van der Waals surface area contributed by atoms with E-state index < -0.39 is 11.9 Å². The maximum Gasteiger partial charge on any atom is 0.338 e. The highest BCUT2D eigenvalue weighted by Crippen LogP contribution is 2.32. The third-order valence-electron chi connectivity index (χ3n) is 5.21. The second-order valence-electron chi connectivity index (χ2n) is 7.56. The number of aliphatic imine (C=N–C) groups is 1. The van der Waals surface area contributed by atoms with Gasteiger partial charge in [-0.15, -0.1) is 0 Å². The number of anilines is 2. The molecule has 4 rings (SSSR count). The summed E-state index contributed by atoms with van der Waals surface area (Å²) in [6.45, 7) is 1.78. The summed E-state index contributed by atoms with van der Waals surface area (Å²) in [5, 5.41) is 2.74. The Bertz CT molecular complexity index is 1250. The van der Waals surface area contributed by atoms with Gasteiger partial charge in [0.25, 0.3) is 0 Å². The number of rotatable bonds is 6. The van der Waals surface area contributed by atoms with Gasteiger partial charge in [0.1, 0.15) is 12.4 Å². The molecular weight excluding hydrogens is 437 g/mol. The lowest BCUT2D eigenvalue weighted by Crippen LogP contribution is -2.38. The number of nitrogens with zero attached hydrogens (tertiary/aromatic N) is 2. The lowest BCUT2D eigenvalue weighted by molar-refractivity contribution is -0.120. The lowest BCUT2D eigenvalue weighted by Gasteiger charge is -2.22. The highest BCUT2D eigenvalue weighted by Gasteiger charge is 2.26. The van der Waals surface area contributed by atoms with Crippen LogP contribution in [0.2, 0.25) is 0 Å². The summed E-state index contributed by atoms with van der Waals surface area (Å²) in [6, 6.07) is 19.1. The van der Waals surface area contributed by atoms with Crippen LogP contribution < -0.4 is 10.2 Å². The Labute approximate surface area is 195 Å². The number of esters is 1. The molecule has 1 aliphatic rings. The number of ether oxygens (including phenoxy) is 1. The second-order valence-corrected chi connectivity index (χ2v) is 7.56. The van der Waals surface area contributed by atoms with E-state index in [0.29, 0.717) is 33.9 Å². The van der Waals surface area contributed by atoms with Crippen LogP contribution in [0.15, 0.2) is 77.8 Å². The first-order chi connectivity index (χ1) is 16.4. The van der Waals surface area contributed by atoms with Crippen LogP contribution in [0.25, 0.3) is 0 Å². The number of carbonyl (C=O) groups is 3. The number of benzene rings is 3. The predicted molar refractivity (Wildman–Crippen MR) is 127 cm³/mol. The molecule has 0 aromatic heterocycles. The van der Waals surface area contributed by atoms with E-state index in [-0.39, 0.29) is 31.3 Å². The van der Waals surface area contributed by atoms with Crippen LogP contribution in [0, 0.1) is 5.82 Å². The first-order valence-electron chi connectivity index (χ1n) is 10.7. The van der Waals surface area contributed by atoms with Crippen molar-refractivity contribution in [3.05, 3.63) is 89.7 Å². The number of hydrogen-bond donors (Lipinski definition) is 1. The van der Waals surface area contributed by atoms with E-state index in [1.807, 2.05) is 0 Å². The fourth-order valence-corrected chi connectivity index (χ4v) is 3.58. The average Bonchev–Trinajstić information content (AvgIpc) is 2.96. The van der Waals surface area contributed by atoms with Gasteiger partial charge in [-0.05, 0) is 61.0 Å². The molecule has 2 amide bonds. The fraction of sp³-hybridized carbons (Fsp3) is 0.154. The van der Waals surface area contributed by atoms with Gasteiger partial charge in [-0.25, -0.2) is 9.18 Å². The van der Waals surface area contributed by atoms with Crippen molar-refractivity contribution in [2.45, 2.75) is 13.3 Å². The molecular formula is C26H22FN3O4. The third-order valence-corrected chi connectivity index (χ3v) is 5.21. The third kappa shape index (κ3) is 5.17. The number of carbonyl (C=O) groups excluding carboxylic acids is 3. The Balaban J connectivity index is 1.51. The molecule has 1 heterocycles. The molecule has 0 unspecified atom stereocenters. The Morgan fingerprint density at radius 1 is 1.03 bits per heavy atom. The number of para-hydroxylation sites is 2. The number of fused-ring (bicyclic) bond motifs is 1. The average molecular weight is 459 g/mol. The minimum atomic E-state index is -0.441. The molecule has 0 saturated carbocycles. The van der Waals surface area contributed by atoms with Crippen LogP contribution in [-0.4, -0.2) is 36.6 Å². The Morgan fingerprint density at radius 3 is 2.44 bits per heavy atom. The van der Waals surface area contributed by atoms with Crippen molar-refractivity contribution < 1.29 is 23.5 Å². The zero-order valence-electron chi connectivity index (χ0n) is 18.5. The van der Waals surface area contributed by atoms with Crippen LogP contribution in [0.5, 0.6) is 0 Å². The van der Waals surface area contributed by atoms with Gasteiger partial charge in [-0.1, -0.05) is 24.3 Å². The molecule has 0 bridgehead atoms. The lowest BCUT2D eigenvalue weighted by atomic mass is 10.1. The normalized spacial score (nSPS) is 12.9. The van der Waals surface area contributed by atoms with E-state index in [0.717, 1.165) is 0 Å². The molecule has 3 aromatic carbocycles. The number of nitrogens with one attached hydrogen (secondary N) is 1. The predicted octanol–water partition coefficient (Wildman–Crippen LogP) is 4.50. The van der Waals surface area contributed by atoms with Gasteiger partial charge in [-0.3, -0.25) is 14.6 Å². The summed E-state index contributed by atoms with van der Waals surface area (Å²) in [4.78, 5) is 43.7. The molecule has 8 heteroatoms. The molecule has 0 aliphatic carbocycles. The van der Waals surface area contributed by atoms with Crippen molar-refractivity contribution in [3.8, 4) is 0 Å². The molecule has 0 fully saturated rings. The summed E-state index contributed by atoms with van der Waals surface area (Å²) in [6.07, 6.45) is -0.0399. The van der Waals surface area contributed by atoms with E-state index in [4.69, 9.17) is 4.74 Å². The maximum atomic E-state index is 13.3. The van der Waals surface area contributed by atoms with Gasteiger partial charge >= 0.3 is 5.97 Å². The summed E-state index contributed by atoms with van der Waals surface area (Å²) in [5.74, 6) is -1.53. The van der Waals surface area contributed by atoms with Gasteiger partial charge in [0.05, 0.1) is 35.7 Å². The van der Waals surface area contributed by atoms with Crippen molar-refractivity contribution in [1.82, 2.24) is 0 Å². The summed E-state index contributed by atoms with van der Waals surface area (Å²) >= 11 is 0. The van der Waals surface area contributed by atoms with Crippen molar-refractivity contribution in [3.63, 3.8) is 0 Å². The quantitative estimate of drug-likeness (QED) is 0.550. The van der Waals surface area contributed by atoms with E-state index in [1.165, 1.54) is 17.0 Å². The zero-order chi connectivity index (χ0) is 24.1. The molecule has 3 aromatic rings. The van der Waals surface area contributed by atoms with Gasteiger partial charge in [0.15, 0.2) is 0 Å². The van der Waals surface area contributed by atoms with E-state index in [2.05, 4.69) is 10.3 Å². The van der Waals surface area contributed by atoms with Crippen molar-refractivity contribution >= 4 is 40.6 Å². The fourth-order valence-electron chi connectivity index (χ4n) is 3.58. The van der Waals surface area contributed by atoms with E-state index in [9.17, 15) is 18.8 Å². The summed E-state index contributed by atoms with van der Waals surface area (Å²) in [7, 11) is 0. The monoisotopic (exact) mass is 459 g/mol. The molecule has 0 spiro atoms. The Hall–Kier alpha value is -4.33. The van der Waals surface area contributed by atoms with Crippen LogP contribution in [0.3, 0.4) is 0 Å². The second kappa shape index (κ2) is 10.1. The molecule has 1 N–H and O–H groups in total. The number of hydrogen-bond acceptors (Lipinski definition) is 5. The smallest absolute Gasteiger partial charge is 0.338 e. The summed E-state index contributed by atoms with van der Waals surface area (Å²) < 4.78 is 18.3. The van der Waals surface area contributed by atoms with Crippen LogP contribution in [0.4, 0.5) is 21.5 Å². The largest absolute Gasteiger partial charge is 0.462 e. The van der Waals surface area contributed by atoms with Crippen molar-refractivity contribution in [1.29, 1.82) is 0 Å². The van der Waals surface area contributed by atoms with Crippen molar-refractivity contribution in [2.24, 2.45) is 4.99 Å². The standard InChI is InChI=1S/C26H22FN3O4/c1-2-34-26(33)18-9-13-20(14-10-18)28-24(31)16-30-23-6-4-3-5-21(23)29-22(15-25(30)32)17-7-11-19(27)12-8-17/h3-14H,2,15-16H2,1H3,(H,28,31). The molecule has 1 aliphatic heterocycles. The minimum absolute atomic E-state index is 0.0399. The zero-order valence-corrected chi connectivity index (χ0v) is 18.5. The maximum absolute atomic E-state index is 13.3. The SMILES string of the molecule is CCOC(=O)c1ccc(NC(=O)CN2C(=O)CC(c3ccc(F)cc3)=Nc3ccccc32)cc1. The van der Waals surface area contributed by atoms with Gasteiger partial charge in [0.2, 0.25) is 11.8 Å². The topological polar surface area (TPSA) is 88.1 Å². The Morgan fingerprint density at radius 2 is 1.74 bits per heavy atom. The van der Waals surface area contributed by atoms with Crippen LogP contribution >= 0.6 is 0 Å². The first-order valence-corrected chi connectivity index (χ1v) is 10.7. The van der Waals surface area contributed by atoms with Gasteiger partial charge < -0.3 is 15.0 Å². The molecule has 34 heavy (non-hydrogen) atoms. The number of halogens is 1. The van der Waals surface area contributed by atoms with Gasteiger partial charge in [0, 0.05) is 5.69 Å². The Kier molecular flexibility index (Phi) is 6.77. The molecule has 0 atom stereocenters. The van der Waals surface area contributed by atoms with Crippen LogP contribution in [0.1, 0.15) is 29.3 Å². The highest BCUT2D eigenvalue weighted by atomic mass is 19.1. The van der Waals surface area contributed by atoms with Gasteiger partial charge in [-0.2, -0.15) is 0 Å². The van der Waals surface area contributed by atoms with Crippen LogP contribution in [-0.2, 0) is 14.3 Å². The molecule has 172 valence electrons. The summed E-state index contributed by atoms with van der Waals surface area (Å²) in [5.41, 5.74) is 3.04.